The van der Waals surface area contributed by atoms with E-state index in [1.54, 1.807) is 14.2 Å². The topological polar surface area (TPSA) is 68.5 Å². The van der Waals surface area contributed by atoms with Crippen LogP contribution in [0.2, 0.25) is 0 Å². The summed E-state index contributed by atoms with van der Waals surface area (Å²) in [5.41, 5.74) is 2.28. The van der Waals surface area contributed by atoms with Gasteiger partial charge in [0.25, 0.3) is 0 Å². The van der Waals surface area contributed by atoms with Gasteiger partial charge in [-0.1, -0.05) is 30.3 Å². The molecule has 1 unspecified atom stereocenters. The Morgan fingerprint density at radius 2 is 1.74 bits per heavy atom. The largest absolute Gasteiger partial charge is 0.497 e. The predicted molar refractivity (Wildman–Crippen MR) is 118 cm³/mol. The van der Waals surface area contributed by atoms with Gasteiger partial charge in [-0.05, 0) is 47.7 Å². The van der Waals surface area contributed by atoms with Crippen LogP contribution >= 0.6 is 0 Å². The van der Waals surface area contributed by atoms with E-state index < -0.39 is 0 Å². The molecule has 0 spiro atoms. The lowest BCUT2D eigenvalue weighted by molar-refractivity contribution is 0.120. The maximum Gasteiger partial charge on any atom is 0.173 e. The lowest BCUT2D eigenvalue weighted by Gasteiger charge is -2.37. The molecule has 1 aliphatic heterocycles. The van der Waals surface area contributed by atoms with E-state index in [4.69, 9.17) is 9.47 Å². The van der Waals surface area contributed by atoms with E-state index in [-0.39, 0.29) is 6.04 Å². The SMILES string of the molecule is COc1ccc(OC)c(C(c2nnnn2CCc2ccccc2)N2CCN(C)CC2)c1. The van der Waals surface area contributed by atoms with Crippen LogP contribution in [0.5, 0.6) is 11.5 Å². The number of ether oxygens (including phenoxy) is 2. The summed E-state index contributed by atoms with van der Waals surface area (Å²) < 4.78 is 13.2. The normalized spacial score (nSPS) is 16.2. The fraction of sp³-hybridized carbons (Fsp3) is 0.435. The van der Waals surface area contributed by atoms with Crippen LogP contribution in [0.3, 0.4) is 0 Å². The van der Waals surface area contributed by atoms with Gasteiger partial charge in [-0.25, -0.2) is 4.68 Å². The number of tetrazole rings is 1. The number of hydrogen-bond donors (Lipinski definition) is 0. The van der Waals surface area contributed by atoms with Gasteiger partial charge in [-0.2, -0.15) is 0 Å². The van der Waals surface area contributed by atoms with Crippen LogP contribution < -0.4 is 9.47 Å². The number of benzene rings is 2. The summed E-state index contributed by atoms with van der Waals surface area (Å²) in [6, 6.07) is 16.2. The number of rotatable bonds is 8. The average molecular weight is 423 g/mol. The Morgan fingerprint density at radius 3 is 2.45 bits per heavy atom. The summed E-state index contributed by atoms with van der Waals surface area (Å²) in [6.45, 7) is 4.55. The Bertz CT molecular complexity index is 969. The van der Waals surface area contributed by atoms with Gasteiger partial charge in [0.1, 0.15) is 17.5 Å². The second-order valence-corrected chi connectivity index (χ2v) is 7.85. The first-order valence-corrected chi connectivity index (χ1v) is 10.6. The predicted octanol–water partition coefficient (Wildman–Crippen LogP) is 2.27. The van der Waals surface area contributed by atoms with Crippen LogP contribution in [0.25, 0.3) is 0 Å². The van der Waals surface area contributed by atoms with Crippen molar-refractivity contribution in [3.05, 3.63) is 65.5 Å². The fourth-order valence-corrected chi connectivity index (χ4v) is 4.08. The van der Waals surface area contributed by atoms with Gasteiger partial charge in [-0.3, -0.25) is 4.90 Å². The third kappa shape index (κ3) is 4.86. The third-order valence-corrected chi connectivity index (χ3v) is 5.89. The molecule has 0 N–H and O–H groups in total. The minimum absolute atomic E-state index is 0.121. The van der Waals surface area contributed by atoms with Gasteiger partial charge < -0.3 is 14.4 Å². The summed E-state index contributed by atoms with van der Waals surface area (Å²) in [5.74, 6) is 2.42. The maximum absolute atomic E-state index is 5.73. The van der Waals surface area contributed by atoms with Crippen LogP contribution in [-0.4, -0.2) is 77.5 Å². The van der Waals surface area contributed by atoms with Gasteiger partial charge in [0.15, 0.2) is 5.82 Å². The maximum atomic E-state index is 5.73. The highest BCUT2D eigenvalue weighted by atomic mass is 16.5. The van der Waals surface area contributed by atoms with E-state index in [1.807, 2.05) is 28.9 Å². The second-order valence-electron chi connectivity index (χ2n) is 7.85. The third-order valence-electron chi connectivity index (χ3n) is 5.89. The van der Waals surface area contributed by atoms with Crippen molar-refractivity contribution in [3.63, 3.8) is 0 Å². The number of hydrogen-bond acceptors (Lipinski definition) is 7. The molecule has 1 aromatic heterocycles. The Hall–Kier alpha value is -2.97. The Morgan fingerprint density at radius 1 is 0.968 bits per heavy atom. The molecule has 0 saturated carbocycles. The molecule has 164 valence electrons. The zero-order chi connectivity index (χ0) is 21.6. The van der Waals surface area contributed by atoms with E-state index in [0.717, 1.165) is 55.5 Å². The number of methoxy groups -OCH3 is 2. The molecule has 8 nitrogen and oxygen atoms in total. The monoisotopic (exact) mass is 422 g/mol. The first kappa shape index (κ1) is 21.3. The van der Waals surface area contributed by atoms with Crippen molar-refractivity contribution >= 4 is 0 Å². The summed E-state index contributed by atoms with van der Waals surface area (Å²) in [6.07, 6.45) is 0.865. The molecule has 1 atom stereocenters. The summed E-state index contributed by atoms with van der Waals surface area (Å²) in [7, 11) is 5.54. The molecule has 2 aromatic carbocycles. The molecule has 0 aliphatic carbocycles. The van der Waals surface area contributed by atoms with Crippen molar-refractivity contribution in [2.24, 2.45) is 0 Å². The number of aryl methyl sites for hydroxylation is 2. The van der Waals surface area contributed by atoms with Crippen molar-refractivity contribution < 1.29 is 9.47 Å². The lowest BCUT2D eigenvalue weighted by atomic mass is 10.0. The van der Waals surface area contributed by atoms with Gasteiger partial charge in [0, 0.05) is 38.3 Å². The second kappa shape index (κ2) is 9.89. The van der Waals surface area contributed by atoms with Crippen molar-refractivity contribution in [2.45, 2.75) is 19.0 Å². The molecule has 1 fully saturated rings. The van der Waals surface area contributed by atoms with Gasteiger partial charge in [0.05, 0.1) is 14.2 Å². The van der Waals surface area contributed by atoms with Crippen molar-refractivity contribution in [2.75, 3.05) is 47.4 Å². The zero-order valence-corrected chi connectivity index (χ0v) is 18.4. The standard InChI is InChI=1S/C23H30N6O2/c1-27-13-15-28(16-14-27)22(20-17-19(30-2)9-10-21(20)31-3)23-24-25-26-29(23)12-11-18-7-5-4-6-8-18/h4-10,17,22H,11-16H2,1-3H3. The first-order valence-electron chi connectivity index (χ1n) is 10.6. The van der Waals surface area contributed by atoms with Gasteiger partial charge >= 0.3 is 0 Å². The molecular formula is C23H30N6O2. The minimum Gasteiger partial charge on any atom is -0.497 e. The first-order chi connectivity index (χ1) is 15.2. The van der Waals surface area contributed by atoms with Crippen molar-refractivity contribution in [3.8, 4) is 11.5 Å². The van der Waals surface area contributed by atoms with Gasteiger partial charge in [-0.15, -0.1) is 5.10 Å². The van der Waals surface area contributed by atoms with Crippen molar-refractivity contribution in [1.82, 2.24) is 30.0 Å². The lowest BCUT2D eigenvalue weighted by Crippen LogP contribution is -2.46. The number of aromatic nitrogens is 4. The van der Waals surface area contributed by atoms with Crippen LogP contribution in [-0.2, 0) is 13.0 Å². The van der Waals surface area contributed by atoms with E-state index >= 15 is 0 Å². The highest BCUT2D eigenvalue weighted by Gasteiger charge is 2.32. The summed E-state index contributed by atoms with van der Waals surface area (Å²) in [4.78, 5) is 4.77. The molecule has 2 heterocycles. The Balaban J connectivity index is 1.70. The fourth-order valence-electron chi connectivity index (χ4n) is 4.08. The van der Waals surface area contributed by atoms with Crippen LogP contribution in [0, 0.1) is 0 Å². The molecule has 1 aliphatic rings. The van der Waals surface area contributed by atoms with Gasteiger partial charge in [0.2, 0.25) is 0 Å². The van der Waals surface area contributed by atoms with E-state index in [0.29, 0.717) is 6.54 Å². The molecule has 0 radical (unpaired) electrons. The average Bonchev–Trinajstić information content (AvgIpc) is 3.28. The number of likely N-dealkylation sites (N-methyl/N-ethyl adjacent to an activating group) is 1. The molecule has 0 amide bonds. The number of nitrogens with zero attached hydrogens (tertiary/aromatic N) is 6. The van der Waals surface area contributed by atoms with Crippen molar-refractivity contribution in [1.29, 1.82) is 0 Å². The van der Waals surface area contributed by atoms with E-state index in [2.05, 4.69) is 56.6 Å². The van der Waals surface area contributed by atoms with Crippen LogP contribution in [0.1, 0.15) is 23.0 Å². The van der Waals surface area contributed by atoms with E-state index in [9.17, 15) is 0 Å². The molecule has 3 aromatic rings. The molecule has 4 rings (SSSR count). The molecule has 1 saturated heterocycles. The van der Waals surface area contributed by atoms with Crippen LogP contribution in [0.15, 0.2) is 48.5 Å². The molecular weight excluding hydrogens is 392 g/mol. The molecule has 8 heteroatoms. The highest BCUT2D eigenvalue weighted by molar-refractivity contribution is 5.44. The summed E-state index contributed by atoms with van der Waals surface area (Å²) >= 11 is 0. The quantitative estimate of drug-likeness (QED) is 0.552. The Kier molecular flexibility index (Phi) is 6.79. The Labute approximate surface area is 183 Å². The molecule has 0 bridgehead atoms. The minimum atomic E-state index is -0.121. The highest BCUT2D eigenvalue weighted by Crippen LogP contribution is 2.36. The smallest absolute Gasteiger partial charge is 0.173 e. The van der Waals surface area contributed by atoms with Crippen LogP contribution in [0.4, 0.5) is 0 Å². The summed E-state index contributed by atoms with van der Waals surface area (Å²) in [5, 5.41) is 12.9. The van der Waals surface area contributed by atoms with E-state index in [1.165, 1.54) is 5.56 Å². The number of piperazine rings is 1. The molecule has 31 heavy (non-hydrogen) atoms. The zero-order valence-electron chi connectivity index (χ0n) is 18.4.